The first-order valence-corrected chi connectivity index (χ1v) is 5.74. The predicted molar refractivity (Wildman–Crippen MR) is 52.7 cm³/mol. The maximum atomic E-state index is 11.8. The minimum Gasteiger partial charge on any atom is -0.291 e. The van der Waals surface area contributed by atoms with Crippen molar-refractivity contribution >= 4 is 27.5 Å². The first-order valence-electron chi connectivity index (χ1n) is 4.62. The summed E-state index contributed by atoms with van der Waals surface area (Å²) in [6, 6.07) is 0. The van der Waals surface area contributed by atoms with Gasteiger partial charge < -0.3 is 0 Å². The van der Waals surface area contributed by atoms with Gasteiger partial charge in [0.2, 0.25) is 11.6 Å². The predicted octanol–water partition coefficient (Wildman–Crippen LogP) is 1.96. The number of carbonyl (C=O) groups is 2. The zero-order valence-corrected chi connectivity index (χ0v) is 9.48. The monoisotopic (exact) mass is 244 g/mol. The van der Waals surface area contributed by atoms with Crippen molar-refractivity contribution < 1.29 is 9.59 Å². The van der Waals surface area contributed by atoms with Crippen LogP contribution in [0.3, 0.4) is 0 Å². The van der Waals surface area contributed by atoms with Crippen molar-refractivity contribution in [1.82, 2.24) is 0 Å². The van der Waals surface area contributed by atoms with E-state index in [2.05, 4.69) is 29.8 Å². The molecule has 0 aliphatic heterocycles. The highest BCUT2D eigenvalue weighted by molar-refractivity contribution is 9.09. The van der Waals surface area contributed by atoms with Crippen molar-refractivity contribution in [3.8, 4) is 0 Å². The van der Waals surface area contributed by atoms with E-state index in [0.29, 0.717) is 5.33 Å². The van der Waals surface area contributed by atoms with Crippen molar-refractivity contribution in [2.45, 2.75) is 26.7 Å². The lowest BCUT2D eigenvalue weighted by molar-refractivity contribution is -0.141. The number of hydrogen-bond acceptors (Lipinski definition) is 2. The van der Waals surface area contributed by atoms with E-state index in [1.54, 1.807) is 0 Å². The van der Waals surface area contributed by atoms with Crippen LogP contribution < -0.4 is 0 Å². The van der Waals surface area contributed by atoms with Gasteiger partial charge in [-0.05, 0) is 18.3 Å². The van der Waals surface area contributed by atoms with Crippen LogP contribution in [-0.4, -0.2) is 16.9 Å². The Morgan fingerprint density at radius 2 is 2.08 bits per heavy atom. The Bertz CT molecular complexity index is 295. The second kappa shape index (κ2) is 2.44. The van der Waals surface area contributed by atoms with E-state index in [4.69, 9.17) is 0 Å². The number of halogens is 1. The van der Waals surface area contributed by atoms with Crippen LogP contribution in [0.5, 0.6) is 0 Å². The van der Waals surface area contributed by atoms with E-state index in [1.807, 2.05) is 0 Å². The van der Waals surface area contributed by atoms with Gasteiger partial charge in [-0.2, -0.15) is 0 Å². The summed E-state index contributed by atoms with van der Waals surface area (Å²) in [5.74, 6) is -0.279. The van der Waals surface area contributed by atoms with Gasteiger partial charge in [-0.15, -0.1) is 0 Å². The molecule has 2 nitrogen and oxygen atoms in total. The molecule has 72 valence electrons. The summed E-state index contributed by atoms with van der Waals surface area (Å²) in [5.41, 5.74) is -0.528. The van der Waals surface area contributed by atoms with Gasteiger partial charge in [-0.3, -0.25) is 9.59 Å². The van der Waals surface area contributed by atoms with Gasteiger partial charge in [0.15, 0.2) is 0 Å². The maximum absolute atomic E-state index is 11.8. The Kier molecular flexibility index (Phi) is 1.76. The Labute approximate surface area is 86.2 Å². The topological polar surface area (TPSA) is 34.1 Å². The third-order valence-corrected chi connectivity index (χ3v) is 5.12. The molecule has 0 aromatic rings. The summed E-state index contributed by atoms with van der Waals surface area (Å²) < 4.78 is 0. The number of rotatable bonds is 1. The largest absolute Gasteiger partial charge is 0.291 e. The van der Waals surface area contributed by atoms with Crippen molar-refractivity contribution in [3.05, 3.63) is 0 Å². The molecule has 2 rings (SSSR count). The van der Waals surface area contributed by atoms with Crippen molar-refractivity contribution in [3.63, 3.8) is 0 Å². The smallest absolute Gasteiger partial charge is 0.206 e. The summed E-state index contributed by atoms with van der Waals surface area (Å²) >= 11 is 3.39. The van der Waals surface area contributed by atoms with Crippen LogP contribution in [0, 0.1) is 16.7 Å². The molecule has 0 radical (unpaired) electrons. The van der Waals surface area contributed by atoms with Crippen LogP contribution in [0.15, 0.2) is 0 Å². The molecule has 2 aliphatic rings. The van der Waals surface area contributed by atoms with Gasteiger partial charge in [-0.1, -0.05) is 29.8 Å². The number of fused-ring (bicyclic) bond motifs is 2. The Morgan fingerprint density at radius 3 is 2.38 bits per heavy atom. The molecule has 0 aromatic carbocycles. The van der Waals surface area contributed by atoms with Gasteiger partial charge >= 0.3 is 0 Å². The second-order valence-electron chi connectivity index (χ2n) is 4.72. The average molecular weight is 245 g/mol. The van der Waals surface area contributed by atoms with Gasteiger partial charge in [0.05, 0.1) is 5.41 Å². The SMILES string of the molecule is CC1(C)[C@H]2CC[C@]1(CBr)C(=O)C2=O. The highest BCUT2D eigenvalue weighted by atomic mass is 79.9. The first kappa shape index (κ1) is 9.38. The van der Waals surface area contributed by atoms with Crippen molar-refractivity contribution in [2.24, 2.45) is 16.7 Å². The highest BCUT2D eigenvalue weighted by Crippen LogP contribution is 2.62. The molecular formula is C10H13BrO2. The van der Waals surface area contributed by atoms with E-state index in [-0.39, 0.29) is 22.9 Å². The molecule has 0 aromatic heterocycles. The van der Waals surface area contributed by atoms with Crippen LogP contribution in [0.4, 0.5) is 0 Å². The van der Waals surface area contributed by atoms with Crippen LogP contribution in [0.25, 0.3) is 0 Å². The lowest BCUT2D eigenvalue weighted by atomic mass is 9.70. The van der Waals surface area contributed by atoms with Crippen LogP contribution in [0.2, 0.25) is 0 Å². The lowest BCUT2D eigenvalue weighted by Gasteiger charge is -2.33. The summed E-state index contributed by atoms with van der Waals surface area (Å²) in [6.45, 7) is 4.10. The van der Waals surface area contributed by atoms with E-state index in [1.165, 1.54) is 0 Å². The molecule has 13 heavy (non-hydrogen) atoms. The fourth-order valence-electron chi connectivity index (χ4n) is 2.97. The van der Waals surface area contributed by atoms with Crippen molar-refractivity contribution in [2.75, 3.05) is 5.33 Å². The fraction of sp³-hybridized carbons (Fsp3) is 0.800. The molecule has 0 N–H and O–H groups in total. The third-order valence-electron chi connectivity index (χ3n) is 4.17. The maximum Gasteiger partial charge on any atom is 0.206 e. The van der Waals surface area contributed by atoms with E-state index >= 15 is 0 Å². The standard InChI is InChI=1S/C10H13BrO2/c1-9(2)6-3-4-10(9,5-11)8(13)7(6)12/h6H,3-5H2,1-2H3/t6-,10-/m0/s1. The second-order valence-corrected chi connectivity index (χ2v) is 5.28. The molecule has 0 spiro atoms. The molecule has 0 saturated heterocycles. The molecule has 2 fully saturated rings. The lowest BCUT2D eigenvalue weighted by Crippen LogP contribution is -2.38. The van der Waals surface area contributed by atoms with Crippen LogP contribution >= 0.6 is 15.9 Å². The van der Waals surface area contributed by atoms with Crippen LogP contribution in [0.1, 0.15) is 26.7 Å². The molecular weight excluding hydrogens is 232 g/mol. The molecule has 2 saturated carbocycles. The quantitative estimate of drug-likeness (QED) is 0.522. The molecule has 0 amide bonds. The molecule has 2 atom stereocenters. The zero-order chi connectivity index (χ0) is 9.85. The summed E-state index contributed by atoms with van der Waals surface area (Å²) in [5, 5.41) is 0.633. The molecule has 2 aliphatic carbocycles. The number of Topliss-reactive ketones (excluding diaryl/α,β-unsaturated/α-hetero) is 2. The number of alkyl halides is 1. The fourth-order valence-corrected chi connectivity index (χ4v) is 4.22. The Balaban J connectivity index is 2.56. The Morgan fingerprint density at radius 1 is 1.46 bits per heavy atom. The van der Waals surface area contributed by atoms with Gasteiger partial charge in [0.25, 0.3) is 0 Å². The molecule has 0 heterocycles. The number of ketones is 2. The number of carbonyl (C=O) groups excluding carboxylic acids is 2. The molecule has 0 unspecified atom stereocenters. The summed E-state index contributed by atoms with van der Waals surface area (Å²) in [6.07, 6.45) is 1.77. The van der Waals surface area contributed by atoms with E-state index < -0.39 is 5.41 Å². The van der Waals surface area contributed by atoms with E-state index in [9.17, 15) is 9.59 Å². The minimum absolute atomic E-state index is 0.0162. The summed E-state index contributed by atoms with van der Waals surface area (Å²) in [4.78, 5) is 23.3. The highest BCUT2D eigenvalue weighted by Gasteiger charge is 2.68. The van der Waals surface area contributed by atoms with Gasteiger partial charge in [0, 0.05) is 11.2 Å². The third kappa shape index (κ3) is 0.797. The minimum atomic E-state index is -0.394. The Hall–Kier alpha value is -0.180. The number of hydrogen-bond donors (Lipinski definition) is 0. The van der Waals surface area contributed by atoms with E-state index in [0.717, 1.165) is 12.8 Å². The first-order chi connectivity index (χ1) is 5.97. The van der Waals surface area contributed by atoms with Gasteiger partial charge in [-0.25, -0.2) is 0 Å². The summed E-state index contributed by atoms with van der Waals surface area (Å²) in [7, 11) is 0. The average Bonchev–Trinajstić information content (AvgIpc) is 2.41. The van der Waals surface area contributed by atoms with Crippen molar-refractivity contribution in [1.29, 1.82) is 0 Å². The molecule has 2 bridgehead atoms. The van der Waals surface area contributed by atoms with Gasteiger partial charge in [0.1, 0.15) is 0 Å². The molecule has 3 heteroatoms. The normalized spacial score (nSPS) is 41.6. The zero-order valence-electron chi connectivity index (χ0n) is 7.89. The van der Waals surface area contributed by atoms with Crippen LogP contribution in [-0.2, 0) is 9.59 Å².